The van der Waals surface area contributed by atoms with Gasteiger partial charge >= 0.3 is 5.97 Å². The van der Waals surface area contributed by atoms with E-state index in [0.29, 0.717) is 10.6 Å². The van der Waals surface area contributed by atoms with Gasteiger partial charge in [-0.3, -0.25) is 4.79 Å². The van der Waals surface area contributed by atoms with Crippen LogP contribution in [0.25, 0.3) is 0 Å². The van der Waals surface area contributed by atoms with Crippen LogP contribution in [-0.4, -0.2) is 36.9 Å². The number of benzene rings is 1. The Hall–Kier alpha value is -1.11. The SMILES string of the molecule is CCN(CC(C)C(=O)O)S(=O)(=O)c1ccc(Cl)cc1C. The van der Waals surface area contributed by atoms with Crippen LogP contribution in [0.2, 0.25) is 5.02 Å². The summed E-state index contributed by atoms with van der Waals surface area (Å²) in [6.45, 7) is 4.97. The number of nitrogens with zero attached hydrogens (tertiary/aromatic N) is 1. The fraction of sp³-hybridized carbons (Fsp3) is 0.462. The van der Waals surface area contributed by atoms with Crippen LogP contribution in [0.3, 0.4) is 0 Å². The summed E-state index contributed by atoms with van der Waals surface area (Å²) in [6, 6.07) is 4.53. The average Bonchev–Trinajstić information content (AvgIpc) is 2.34. The molecule has 112 valence electrons. The highest BCUT2D eigenvalue weighted by molar-refractivity contribution is 7.89. The van der Waals surface area contributed by atoms with E-state index >= 15 is 0 Å². The average molecular weight is 320 g/mol. The molecular formula is C13H18ClNO4S. The summed E-state index contributed by atoms with van der Waals surface area (Å²) < 4.78 is 26.3. The van der Waals surface area contributed by atoms with E-state index in [4.69, 9.17) is 16.7 Å². The summed E-state index contributed by atoms with van der Waals surface area (Å²) in [4.78, 5) is 11.0. The number of hydrogen-bond acceptors (Lipinski definition) is 3. The molecule has 0 spiro atoms. The summed E-state index contributed by atoms with van der Waals surface area (Å²) in [6.07, 6.45) is 0. The van der Waals surface area contributed by atoms with Gasteiger partial charge in [0.05, 0.1) is 10.8 Å². The maximum atomic E-state index is 12.5. The van der Waals surface area contributed by atoms with Gasteiger partial charge in [0, 0.05) is 18.1 Å². The van der Waals surface area contributed by atoms with E-state index in [9.17, 15) is 13.2 Å². The van der Waals surface area contributed by atoms with E-state index < -0.39 is 21.9 Å². The van der Waals surface area contributed by atoms with Crippen molar-refractivity contribution in [3.05, 3.63) is 28.8 Å². The highest BCUT2D eigenvalue weighted by atomic mass is 35.5. The summed E-state index contributed by atoms with van der Waals surface area (Å²) in [7, 11) is -3.72. The zero-order valence-electron chi connectivity index (χ0n) is 11.6. The lowest BCUT2D eigenvalue weighted by Gasteiger charge is -2.23. The minimum Gasteiger partial charge on any atom is -0.481 e. The van der Waals surface area contributed by atoms with Crippen molar-refractivity contribution < 1.29 is 18.3 Å². The first-order valence-electron chi connectivity index (χ1n) is 6.19. The number of aliphatic carboxylic acids is 1. The van der Waals surface area contributed by atoms with Crippen LogP contribution in [0.1, 0.15) is 19.4 Å². The molecule has 0 aromatic heterocycles. The first-order valence-corrected chi connectivity index (χ1v) is 8.01. The maximum Gasteiger partial charge on any atom is 0.307 e. The van der Waals surface area contributed by atoms with Gasteiger partial charge in [-0.05, 0) is 30.7 Å². The molecule has 0 fully saturated rings. The zero-order valence-corrected chi connectivity index (χ0v) is 13.2. The fourth-order valence-electron chi connectivity index (χ4n) is 1.82. The number of rotatable bonds is 6. The van der Waals surface area contributed by atoms with Gasteiger partial charge in [-0.1, -0.05) is 25.4 Å². The molecule has 5 nitrogen and oxygen atoms in total. The van der Waals surface area contributed by atoms with Crippen LogP contribution >= 0.6 is 11.6 Å². The summed E-state index contributed by atoms with van der Waals surface area (Å²) in [5.41, 5.74) is 0.541. The highest BCUT2D eigenvalue weighted by Crippen LogP contribution is 2.23. The number of carboxylic acids is 1. The molecule has 0 saturated heterocycles. The first kappa shape index (κ1) is 16.9. The molecule has 0 saturated carbocycles. The predicted molar refractivity (Wildman–Crippen MR) is 77.4 cm³/mol. The van der Waals surface area contributed by atoms with Crippen molar-refractivity contribution >= 4 is 27.6 Å². The van der Waals surface area contributed by atoms with Gasteiger partial charge in [-0.2, -0.15) is 4.31 Å². The van der Waals surface area contributed by atoms with Gasteiger partial charge in [0.25, 0.3) is 0 Å². The third-order valence-corrected chi connectivity index (χ3v) is 5.34. The van der Waals surface area contributed by atoms with E-state index in [0.717, 1.165) is 0 Å². The number of carbonyl (C=O) groups is 1. The molecular weight excluding hydrogens is 302 g/mol. The summed E-state index contributed by atoms with van der Waals surface area (Å²) in [5.74, 6) is -1.79. The Kier molecular flexibility index (Phi) is 5.56. The molecule has 1 unspecified atom stereocenters. The Labute approximate surface area is 124 Å². The van der Waals surface area contributed by atoms with Crippen molar-refractivity contribution in [2.45, 2.75) is 25.7 Å². The Morgan fingerprint density at radius 2 is 2.05 bits per heavy atom. The van der Waals surface area contributed by atoms with E-state index in [1.165, 1.54) is 23.4 Å². The molecule has 7 heteroatoms. The lowest BCUT2D eigenvalue weighted by Crippen LogP contribution is -2.37. The second kappa shape index (κ2) is 6.56. The third-order valence-electron chi connectivity index (χ3n) is 3.01. The third kappa shape index (κ3) is 3.71. The van der Waals surface area contributed by atoms with E-state index in [1.807, 2.05) is 0 Å². The number of sulfonamides is 1. The minimum atomic E-state index is -3.72. The lowest BCUT2D eigenvalue weighted by molar-refractivity contribution is -0.141. The second-order valence-electron chi connectivity index (χ2n) is 4.60. The fourth-order valence-corrected chi connectivity index (χ4v) is 3.79. The Morgan fingerprint density at radius 1 is 1.45 bits per heavy atom. The zero-order chi connectivity index (χ0) is 15.5. The molecule has 1 aromatic rings. The van der Waals surface area contributed by atoms with Gasteiger partial charge in [-0.15, -0.1) is 0 Å². The monoisotopic (exact) mass is 319 g/mol. The van der Waals surface area contributed by atoms with Gasteiger partial charge in [-0.25, -0.2) is 8.42 Å². The molecule has 1 atom stereocenters. The molecule has 1 aromatic carbocycles. The van der Waals surface area contributed by atoms with Crippen LogP contribution in [0.4, 0.5) is 0 Å². The highest BCUT2D eigenvalue weighted by Gasteiger charge is 2.28. The standard InChI is InChI=1S/C13H18ClNO4S/c1-4-15(8-10(3)13(16)17)20(18,19)12-6-5-11(14)7-9(12)2/h5-7,10H,4,8H2,1-3H3,(H,16,17). The number of carboxylic acid groups (broad SMARTS) is 1. The van der Waals surface area contributed by atoms with E-state index in [-0.39, 0.29) is 18.0 Å². The molecule has 0 bridgehead atoms. The molecule has 0 aliphatic carbocycles. The van der Waals surface area contributed by atoms with Crippen molar-refractivity contribution in [3.8, 4) is 0 Å². The van der Waals surface area contributed by atoms with Gasteiger partial charge in [0.2, 0.25) is 10.0 Å². The van der Waals surface area contributed by atoms with E-state index in [2.05, 4.69) is 0 Å². The summed E-state index contributed by atoms with van der Waals surface area (Å²) >= 11 is 5.82. The van der Waals surface area contributed by atoms with Crippen LogP contribution in [0.5, 0.6) is 0 Å². The van der Waals surface area contributed by atoms with Gasteiger partial charge in [0.15, 0.2) is 0 Å². The molecule has 0 heterocycles. The molecule has 0 radical (unpaired) electrons. The molecule has 1 rings (SSSR count). The summed E-state index contributed by atoms with van der Waals surface area (Å²) in [5, 5.41) is 9.38. The van der Waals surface area contributed by atoms with Gasteiger partial charge in [0.1, 0.15) is 0 Å². The first-order chi connectivity index (χ1) is 9.20. The molecule has 0 amide bonds. The van der Waals surface area contributed by atoms with Crippen molar-refractivity contribution in [1.29, 1.82) is 0 Å². The van der Waals surface area contributed by atoms with Crippen molar-refractivity contribution in [2.75, 3.05) is 13.1 Å². The van der Waals surface area contributed by atoms with Crippen molar-refractivity contribution in [1.82, 2.24) is 4.31 Å². The number of hydrogen-bond donors (Lipinski definition) is 1. The largest absolute Gasteiger partial charge is 0.481 e. The Bertz CT molecular complexity index is 600. The van der Waals surface area contributed by atoms with Crippen LogP contribution in [0, 0.1) is 12.8 Å². The maximum absolute atomic E-state index is 12.5. The van der Waals surface area contributed by atoms with Crippen molar-refractivity contribution in [2.24, 2.45) is 5.92 Å². The molecule has 0 aliphatic heterocycles. The van der Waals surface area contributed by atoms with Crippen molar-refractivity contribution in [3.63, 3.8) is 0 Å². The minimum absolute atomic E-state index is 0.0593. The van der Waals surface area contributed by atoms with Crippen LogP contribution < -0.4 is 0 Å². The molecule has 1 N–H and O–H groups in total. The van der Waals surface area contributed by atoms with Gasteiger partial charge < -0.3 is 5.11 Å². The normalized spacial score (nSPS) is 13.4. The Morgan fingerprint density at radius 3 is 2.50 bits per heavy atom. The smallest absolute Gasteiger partial charge is 0.307 e. The number of aryl methyl sites for hydroxylation is 1. The van der Waals surface area contributed by atoms with Crippen LogP contribution in [-0.2, 0) is 14.8 Å². The molecule has 0 aliphatic rings. The second-order valence-corrected chi connectivity index (χ2v) is 6.95. The Balaban J connectivity index is 3.15. The predicted octanol–water partition coefficient (Wildman–Crippen LogP) is 2.38. The van der Waals surface area contributed by atoms with E-state index in [1.54, 1.807) is 19.9 Å². The quantitative estimate of drug-likeness (QED) is 0.873. The molecule has 20 heavy (non-hydrogen) atoms. The number of halogens is 1. The topological polar surface area (TPSA) is 74.7 Å². The van der Waals surface area contributed by atoms with Crippen LogP contribution in [0.15, 0.2) is 23.1 Å². The lowest BCUT2D eigenvalue weighted by atomic mass is 10.2.